The molecule has 18 heavy (non-hydrogen) atoms. The third-order valence-corrected chi connectivity index (χ3v) is 2.29. The molecule has 0 amide bonds. The van der Waals surface area contributed by atoms with Crippen molar-refractivity contribution in [2.75, 3.05) is 12.4 Å². The first-order valence-corrected chi connectivity index (χ1v) is 5.46. The van der Waals surface area contributed by atoms with Gasteiger partial charge in [-0.2, -0.15) is 0 Å². The molecule has 0 bridgehead atoms. The summed E-state index contributed by atoms with van der Waals surface area (Å²) in [6.07, 6.45) is 2.02. The Morgan fingerprint density at radius 2 is 2.28 bits per heavy atom. The molecular weight excluding hydrogens is 238 g/mol. The number of hydrogen-bond acceptors (Lipinski definition) is 6. The van der Waals surface area contributed by atoms with Gasteiger partial charge in [0.2, 0.25) is 5.82 Å². The van der Waals surface area contributed by atoms with E-state index in [0.717, 1.165) is 0 Å². The van der Waals surface area contributed by atoms with Crippen molar-refractivity contribution in [2.24, 2.45) is 0 Å². The van der Waals surface area contributed by atoms with Crippen LogP contribution in [0, 0.1) is 0 Å². The van der Waals surface area contributed by atoms with Crippen LogP contribution in [0.15, 0.2) is 12.3 Å². The first-order valence-electron chi connectivity index (χ1n) is 5.46. The van der Waals surface area contributed by atoms with Crippen LogP contribution < -0.4 is 5.32 Å². The van der Waals surface area contributed by atoms with Crippen molar-refractivity contribution < 1.29 is 19.4 Å². The van der Waals surface area contributed by atoms with Crippen LogP contribution in [-0.4, -0.2) is 40.2 Å². The minimum Gasteiger partial charge on any atom is -0.481 e. The lowest BCUT2D eigenvalue weighted by Gasteiger charge is -2.15. The third kappa shape index (κ3) is 4.00. The zero-order chi connectivity index (χ0) is 13.5. The Hall–Kier alpha value is -2.18. The maximum Gasteiger partial charge on any atom is 0.376 e. The molecule has 1 rings (SSSR count). The lowest BCUT2D eigenvalue weighted by molar-refractivity contribution is -0.137. The Morgan fingerprint density at radius 3 is 2.83 bits per heavy atom. The largest absolute Gasteiger partial charge is 0.481 e. The molecule has 1 atom stereocenters. The van der Waals surface area contributed by atoms with Gasteiger partial charge in [-0.25, -0.2) is 14.8 Å². The summed E-state index contributed by atoms with van der Waals surface area (Å²) in [5.41, 5.74) is 0. The molecule has 1 aromatic rings. The van der Waals surface area contributed by atoms with Crippen molar-refractivity contribution in [3.8, 4) is 0 Å². The van der Waals surface area contributed by atoms with Crippen LogP contribution in [-0.2, 0) is 9.53 Å². The maximum atomic E-state index is 11.2. The summed E-state index contributed by atoms with van der Waals surface area (Å²) >= 11 is 0. The van der Waals surface area contributed by atoms with Gasteiger partial charge < -0.3 is 15.2 Å². The van der Waals surface area contributed by atoms with Crippen LogP contribution in [0.5, 0.6) is 0 Å². The van der Waals surface area contributed by atoms with Gasteiger partial charge in [-0.3, -0.25) is 4.79 Å². The van der Waals surface area contributed by atoms with Crippen molar-refractivity contribution in [3.63, 3.8) is 0 Å². The van der Waals surface area contributed by atoms with E-state index < -0.39 is 11.9 Å². The molecule has 0 aliphatic carbocycles. The molecule has 7 heteroatoms. The highest BCUT2D eigenvalue weighted by molar-refractivity contribution is 5.85. The lowest BCUT2D eigenvalue weighted by Crippen LogP contribution is -2.23. The molecule has 0 radical (unpaired) electrons. The molecule has 0 spiro atoms. The molecule has 0 aromatic carbocycles. The van der Waals surface area contributed by atoms with Crippen molar-refractivity contribution in [2.45, 2.75) is 25.8 Å². The zero-order valence-corrected chi connectivity index (χ0v) is 10.2. The fraction of sp³-hybridized carbons (Fsp3) is 0.455. The van der Waals surface area contributed by atoms with E-state index in [9.17, 15) is 9.59 Å². The van der Waals surface area contributed by atoms with Crippen molar-refractivity contribution in [1.29, 1.82) is 0 Å². The number of esters is 1. The number of carbonyl (C=O) groups is 2. The van der Waals surface area contributed by atoms with Gasteiger partial charge in [0.1, 0.15) is 5.82 Å². The van der Waals surface area contributed by atoms with Gasteiger partial charge in [0.05, 0.1) is 13.5 Å². The SMILES string of the molecule is CCC(CC(=O)O)Nc1ccnc(C(=O)OC)n1. The van der Waals surface area contributed by atoms with Gasteiger partial charge in [0, 0.05) is 12.2 Å². The number of aromatic nitrogens is 2. The standard InChI is InChI=1S/C11H15N3O4/c1-3-7(6-9(15)16)13-8-4-5-12-10(14-8)11(17)18-2/h4-5,7H,3,6H2,1-2H3,(H,15,16)(H,12,13,14). The van der Waals surface area contributed by atoms with E-state index in [1.807, 2.05) is 6.92 Å². The summed E-state index contributed by atoms with van der Waals surface area (Å²) in [7, 11) is 1.24. The molecule has 0 saturated heterocycles. The lowest BCUT2D eigenvalue weighted by atomic mass is 10.1. The van der Waals surface area contributed by atoms with E-state index in [1.165, 1.54) is 13.3 Å². The molecule has 2 N–H and O–H groups in total. The predicted octanol–water partition coefficient (Wildman–Crippen LogP) is 0.928. The number of anilines is 1. The number of carboxylic acid groups (broad SMARTS) is 1. The van der Waals surface area contributed by atoms with Gasteiger partial charge in [0.25, 0.3) is 0 Å². The van der Waals surface area contributed by atoms with E-state index in [4.69, 9.17) is 5.11 Å². The summed E-state index contributed by atoms with van der Waals surface area (Å²) in [6, 6.07) is 1.32. The molecule has 7 nitrogen and oxygen atoms in total. The number of rotatable bonds is 6. The highest BCUT2D eigenvalue weighted by atomic mass is 16.5. The molecule has 1 aromatic heterocycles. The predicted molar refractivity (Wildman–Crippen MR) is 63.3 cm³/mol. The van der Waals surface area contributed by atoms with Crippen molar-refractivity contribution in [3.05, 3.63) is 18.1 Å². The Balaban J connectivity index is 2.77. The van der Waals surface area contributed by atoms with Gasteiger partial charge in [-0.05, 0) is 12.5 Å². The summed E-state index contributed by atoms with van der Waals surface area (Å²) in [5.74, 6) is -1.19. The Labute approximate surface area is 104 Å². The molecular formula is C11H15N3O4. The minimum absolute atomic E-state index is 0.0198. The second-order valence-corrected chi connectivity index (χ2v) is 3.60. The smallest absolute Gasteiger partial charge is 0.376 e. The van der Waals surface area contributed by atoms with E-state index >= 15 is 0 Å². The fourth-order valence-electron chi connectivity index (χ4n) is 1.35. The number of aliphatic carboxylic acids is 1. The summed E-state index contributed by atoms with van der Waals surface area (Å²) in [5, 5.41) is 11.7. The number of hydrogen-bond donors (Lipinski definition) is 2. The number of methoxy groups -OCH3 is 1. The Morgan fingerprint density at radius 1 is 1.56 bits per heavy atom. The molecule has 0 fully saturated rings. The molecule has 0 aliphatic rings. The van der Waals surface area contributed by atoms with Crippen molar-refractivity contribution >= 4 is 17.8 Å². The Kier molecular flexibility index (Phi) is 5.04. The molecule has 0 saturated carbocycles. The second kappa shape index (κ2) is 6.53. The van der Waals surface area contributed by atoms with Crippen LogP contribution in [0.25, 0.3) is 0 Å². The molecule has 98 valence electrons. The van der Waals surface area contributed by atoms with Crippen LogP contribution in [0.1, 0.15) is 30.4 Å². The summed E-state index contributed by atoms with van der Waals surface area (Å²) in [6.45, 7) is 1.86. The van der Waals surface area contributed by atoms with Crippen LogP contribution in [0.2, 0.25) is 0 Å². The van der Waals surface area contributed by atoms with E-state index in [0.29, 0.717) is 12.2 Å². The zero-order valence-electron chi connectivity index (χ0n) is 10.2. The first-order chi connectivity index (χ1) is 8.56. The van der Waals surface area contributed by atoms with Crippen LogP contribution in [0.4, 0.5) is 5.82 Å². The monoisotopic (exact) mass is 253 g/mol. The average molecular weight is 253 g/mol. The number of nitrogens with one attached hydrogen (secondary N) is 1. The number of carboxylic acids is 1. The fourth-order valence-corrected chi connectivity index (χ4v) is 1.35. The van der Waals surface area contributed by atoms with E-state index in [2.05, 4.69) is 20.0 Å². The third-order valence-electron chi connectivity index (χ3n) is 2.29. The highest BCUT2D eigenvalue weighted by Gasteiger charge is 2.14. The minimum atomic E-state index is -0.892. The Bertz CT molecular complexity index is 436. The maximum absolute atomic E-state index is 11.2. The van der Waals surface area contributed by atoms with Gasteiger partial charge in [-0.1, -0.05) is 6.92 Å². The second-order valence-electron chi connectivity index (χ2n) is 3.60. The quantitative estimate of drug-likeness (QED) is 0.727. The summed E-state index contributed by atoms with van der Waals surface area (Å²) < 4.78 is 4.50. The summed E-state index contributed by atoms with van der Waals surface area (Å²) in [4.78, 5) is 29.6. The van der Waals surface area contributed by atoms with Crippen LogP contribution in [0.3, 0.4) is 0 Å². The first kappa shape index (κ1) is 13.9. The number of ether oxygens (including phenoxy) is 1. The topological polar surface area (TPSA) is 101 Å². The van der Waals surface area contributed by atoms with Gasteiger partial charge in [0.15, 0.2) is 0 Å². The van der Waals surface area contributed by atoms with Crippen LogP contribution >= 0.6 is 0 Å². The molecule has 1 heterocycles. The number of nitrogens with zero attached hydrogens (tertiary/aromatic N) is 2. The van der Waals surface area contributed by atoms with Gasteiger partial charge >= 0.3 is 11.9 Å². The molecule has 0 aliphatic heterocycles. The van der Waals surface area contributed by atoms with Gasteiger partial charge in [-0.15, -0.1) is 0 Å². The average Bonchev–Trinajstić information content (AvgIpc) is 2.36. The normalized spacial score (nSPS) is 11.7. The highest BCUT2D eigenvalue weighted by Crippen LogP contribution is 2.09. The number of carbonyl (C=O) groups excluding carboxylic acids is 1. The van der Waals surface area contributed by atoms with E-state index in [1.54, 1.807) is 6.07 Å². The molecule has 1 unspecified atom stereocenters. The van der Waals surface area contributed by atoms with E-state index in [-0.39, 0.29) is 18.3 Å². The van der Waals surface area contributed by atoms with Crippen molar-refractivity contribution in [1.82, 2.24) is 9.97 Å².